The van der Waals surface area contributed by atoms with Crippen LogP contribution in [-0.2, 0) is 14.3 Å². The van der Waals surface area contributed by atoms with Gasteiger partial charge in [-0.2, -0.15) is 0 Å². The summed E-state index contributed by atoms with van der Waals surface area (Å²) in [6, 6.07) is 0. The monoisotopic (exact) mass is 201 g/mol. The average molecular weight is 201 g/mol. The number of hydrogen-bond acceptors (Lipinski definition) is 3. The zero-order chi connectivity index (χ0) is 10.4. The summed E-state index contributed by atoms with van der Waals surface area (Å²) in [6.07, 6.45) is 2.12. The van der Waals surface area contributed by atoms with Gasteiger partial charge in [0, 0.05) is 33.9 Å². The van der Waals surface area contributed by atoms with Gasteiger partial charge in [0.25, 0.3) is 0 Å². The van der Waals surface area contributed by atoms with Gasteiger partial charge < -0.3 is 14.4 Å². The summed E-state index contributed by atoms with van der Waals surface area (Å²) in [6.45, 7) is 2.67. The SMILES string of the molecule is COCC(=O)N(C)CC1CCOCC1. The molecule has 4 heteroatoms. The second-order valence-electron chi connectivity index (χ2n) is 3.76. The molecule has 1 rings (SSSR count). The van der Waals surface area contributed by atoms with Gasteiger partial charge in [-0.1, -0.05) is 0 Å². The molecule has 0 atom stereocenters. The quantitative estimate of drug-likeness (QED) is 0.665. The van der Waals surface area contributed by atoms with Crippen LogP contribution in [-0.4, -0.2) is 51.3 Å². The smallest absolute Gasteiger partial charge is 0.248 e. The molecule has 1 aliphatic heterocycles. The minimum Gasteiger partial charge on any atom is -0.381 e. The summed E-state index contributed by atoms with van der Waals surface area (Å²) in [4.78, 5) is 13.1. The van der Waals surface area contributed by atoms with Crippen molar-refractivity contribution in [1.82, 2.24) is 4.90 Å². The average Bonchev–Trinajstić information content (AvgIpc) is 2.19. The minimum atomic E-state index is 0.0546. The lowest BCUT2D eigenvalue weighted by molar-refractivity contribution is -0.134. The van der Waals surface area contributed by atoms with Gasteiger partial charge in [0.15, 0.2) is 0 Å². The third-order valence-corrected chi connectivity index (χ3v) is 2.57. The van der Waals surface area contributed by atoms with Crippen LogP contribution in [0.5, 0.6) is 0 Å². The molecule has 0 radical (unpaired) electrons. The second kappa shape index (κ2) is 5.98. The Hall–Kier alpha value is -0.610. The van der Waals surface area contributed by atoms with Crippen LogP contribution in [0.25, 0.3) is 0 Å². The predicted molar refractivity (Wildman–Crippen MR) is 53.1 cm³/mol. The molecule has 1 amide bonds. The Bertz CT molecular complexity index is 178. The maximum Gasteiger partial charge on any atom is 0.248 e. The normalized spacial score (nSPS) is 18.1. The molecule has 14 heavy (non-hydrogen) atoms. The second-order valence-corrected chi connectivity index (χ2v) is 3.76. The molecule has 4 nitrogen and oxygen atoms in total. The molecule has 1 fully saturated rings. The minimum absolute atomic E-state index is 0.0546. The zero-order valence-corrected chi connectivity index (χ0v) is 8.99. The van der Waals surface area contributed by atoms with Crippen LogP contribution in [0.2, 0.25) is 0 Å². The Labute approximate surface area is 85.2 Å². The number of methoxy groups -OCH3 is 1. The van der Waals surface area contributed by atoms with Gasteiger partial charge in [-0.25, -0.2) is 0 Å². The number of carbonyl (C=O) groups is 1. The van der Waals surface area contributed by atoms with E-state index in [1.165, 1.54) is 0 Å². The van der Waals surface area contributed by atoms with Crippen molar-refractivity contribution in [3.05, 3.63) is 0 Å². The van der Waals surface area contributed by atoms with E-state index in [-0.39, 0.29) is 12.5 Å². The van der Waals surface area contributed by atoms with Gasteiger partial charge in [0.2, 0.25) is 5.91 Å². The summed E-state index contributed by atoms with van der Waals surface area (Å²) < 4.78 is 10.1. The molecule has 1 aliphatic rings. The van der Waals surface area contributed by atoms with Gasteiger partial charge in [-0.05, 0) is 18.8 Å². The molecule has 1 saturated heterocycles. The van der Waals surface area contributed by atoms with Gasteiger partial charge in [-0.3, -0.25) is 4.79 Å². The summed E-state index contributed by atoms with van der Waals surface area (Å²) in [5.41, 5.74) is 0. The highest BCUT2D eigenvalue weighted by atomic mass is 16.5. The Balaban J connectivity index is 2.24. The van der Waals surface area contributed by atoms with Crippen molar-refractivity contribution in [1.29, 1.82) is 0 Å². The van der Waals surface area contributed by atoms with E-state index >= 15 is 0 Å². The molecule has 0 aliphatic carbocycles. The van der Waals surface area contributed by atoms with Gasteiger partial charge >= 0.3 is 0 Å². The fraction of sp³-hybridized carbons (Fsp3) is 0.900. The number of amides is 1. The number of rotatable bonds is 4. The molecule has 0 unspecified atom stereocenters. The first-order valence-corrected chi connectivity index (χ1v) is 5.04. The van der Waals surface area contributed by atoms with E-state index in [0.717, 1.165) is 32.6 Å². The number of ether oxygens (including phenoxy) is 2. The third kappa shape index (κ3) is 3.64. The number of carbonyl (C=O) groups excluding carboxylic acids is 1. The van der Waals surface area contributed by atoms with Crippen molar-refractivity contribution < 1.29 is 14.3 Å². The number of hydrogen-bond donors (Lipinski definition) is 0. The van der Waals surface area contributed by atoms with Crippen LogP contribution in [0, 0.1) is 5.92 Å². The van der Waals surface area contributed by atoms with Gasteiger partial charge in [0.05, 0.1) is 0 Å². The largest absolute Gasteiger partial charge is 0.381 e. The molecular formula is C10H19NO3. The Morgan fingerprint density at radius 3 is 2.71 bits per heavy atom. The molecule has 0 saturated carbocycles. The highest BCUT2D eigenvalue weighted by Gasteiger charge is 2.18. The molecule has 0 aromatic heterocycles. The van der Waals surface area contributed by atoms with E-state index in [4.69, 9.17) is 9.47 Å². The standard InChI is InChI=1S/C10H19NO3/c1-11(10(12)8-13-2)7-9-3-5-14-6-4-9/h9H,3-8H2,1-2H3. The molecule has 0 spiro atoms. The zero-order valence-electron chi connectivity index (χ0n) is 8.99. The van der Waals surface area contributed by atoms with Crippen LogP contribution in [0.4, 0.5) is 0 Å². The van der Waals surface area contributed by atoms with Gasteiger partial charge in [0.1, 0.15) is 6.61 Å². The van der Waals surface area contributed by atoms with Crippen LogP contribution < -0.4 is 0 Å². The van der Waals surface area contributed by atoms with Crippen molar-refractivity contribution in [2.45, 2.75) is 12.8 Å². The molecule has 1 heterocycles. The van der Waals surface area contributed by atoms with Crippen LogP contribution >= 0.6 is 0 Å². The highest BCUT2D eigenvalue weighted by molar-refractivity contribution is 5.77. The van der Waals surface area contributed by atoms with E-state index < -0.39 is 0 Å². The summed E-state index contributed by atoms with van der Waals surface area (Å²) >= 11 is 0. The Morgan fingerprint density at radius 1 is 1.50 bits per heavy atom. The van der Waals surface area contributed by atoms with E-state index in [1.54, 1.807) is 12.0 Å². The maximum absolute atomic E-state index is 11.4. The lowest BCUT2D eigenvalue weighted by Crippen LogP contribution is -2.36. The Morgan fingerprint density at radius 2 is 2.14 bits per heavy atom. The molecule has 0 aromatic rings. The molecule has 0 bridgehead atoms. The third-order valence-electron chi connectivity index (χ3n) is 2.57. The van der Waals surface area contributed by atoms with Crippen molar-refractivity contribution in [2.75, 3.05) is 40.5 Å². The number of likely N-dealkylation sites (N-methyl/N-ethyl adjacent to an activating group) is 1. The summed E-state index contributed by atoms with van der Waals surface area (Å²) in [7, 11) is 3.37. The van der Waals surface area contributed by atoms with E-state index in [2.05, 4.69) is 0 Å². The summed E-state index contributed by atoms with van der Waals surface area (Å²) in [5, 5.41) is 0. The molecule has 0 N–H and O–H groups in total. The topological polar surface area (TPSA) is 38.8 Å². The molecule has 82 valence electrons. The van der Waals surface area contributed by atoms with Crippen LogP contribution in [0.3, 0.4) is 0 Å². The fourth-order valence-corrected chi connectivity index (χ4v) is 1.65. The fourth-order valence-electron chi connectivity index (χ4n) is 1.65. The van der Waals surface area contributed by atoms with Crippen molar-refractivity contribution in [3.8, 4) is 0 Å². The first-order chi connectivity index (χ1) is 6.74. The molecular weight excluding hydrogens is 182 g/mol. The first-order valence-electron chi connectivity index (χ1n) is 5.04. The van der Waals surface area contributed by atoms with Gasteiger partial charge in [-0.15, -0.1) is 0 Å². The van der Waals surface area contributed by atoms with E-state index in [1.807, 2.05) is 7.05 Å². The predicted octanol–water partition coefficient (Wildman–Crippen LogP) is 0.518. The number of nitrogens with zero attached hydrogens (tertiary/aromatic N) is 1. The Kier molecular flexibility index (Phi) is 4.90. The van der Waals surface area contributed by atoms with Crippen molar-refractivity contribution in [2.24, 2.45) is 5.92 Å². The van der Waals surface area contributed by atoms with Crippen LogP contribution in [0.1, 0.15) is 12.8 Å². The first kappa shape index (κ1) is 11.5. The van der Waals surface area contributed by atoms with Crippen molar-refractivity contribution >= 4 is 5.91 Å². The van der Waals surface area contributed by atoms with E-state index in [0.29, 0.717) is 5.92 Å². The summed E-state index contributed by atoms with van der Waals surface area (Å²) in [5.74, 6) is 0.647. The maximum atomic E-state index is 11.4. The van der Waals surface area contributed by atoms with Crippen molar-refractivity contribution in [3.63, 3.8) is 0 Å². The van der Waals surface area contributed by atoms with Crippen LogP contribution in [0.15, 0.2) is 0 Å². The lowest BCUT2D eigenvalue weighted by atomic mass is 10.00. The van der Waals surface area contributed by atoms with E-state index in [9.17, 15) is 4.79 Å². The molecule has 0 aromatic carbocycles. The lowest BCUT2D eigenvalue weighted by Gasteiger charge is -2.27. The highest BCUT2D eigenvalue weighted by Crippen LogP contribution is 2.15.